The Morgan fingerprint density at radius 1 is 1.33 bits per heavy atom. The maximum absolute atomic E-state index is 11.3. The Morgan fingerprint density at radius 2 is 2.07 bits per heavy atom. The Morgan fingerprint density at radius 3 is 2.73 bits per heavy atom. The monoisotopic (exact) mass is 208 g/mol. The summed E-state index contributed by atoms with van der Waals surface area (Å²) >= 11 is 0. The van der Waals surface area contributed by atoms with Crippen molar-refractivity contribution in [1.29, 1.82) is 0 Å². The number of methoxy groups -OCH3 is 1. The molecule has 1 aromatic rings. The van der Waals surface area contributed by atoms with Crippen LogP contribution in [0.4, 0.5) is 0 Å². The maximum atomic E-state index is 11.3. The lowest BCUT2D eigenvalue weighted by Gasteiger charge is -2.08. The predicted octanol–water partition coefficient (Wildman–Crippen LogP) is 2.54. The molecule has 82 valence electrons. The number of para-hydroxylation sites is 1. The minimum atomic E-state index is -0.193. The largest absolute Gasteiger partial charge is 0.426 e. The highest BCUT2D eigenvalue weighted by Gasteiger charge is 2.07. The van der Waals surface area contributed by atoms with Crippen molar-refractivity contribution in [2.24, 2.45) is 0 Å². The normalized spacial score (nSPS) is 10.0. The van der Waals surface area contributed by atoms with E-state index in [0.717, 1.165) is 12.0 Å². The molecule has 1 aromatic carbocycles. The molecule has 3 heteroatoms. The van der Waals surface area contributed by atoms with Gasteiger partial charge < -0.3 is 9.47 Å². The number of ether oxygens (including phenoxy) is 2. The van der Waals surface area contributed by atoms with Gasteiger partial charge in [-0.25, -0.2) is 0 Å². The van der Waals surface area contributed by atoms with Crippen LogP contribution in [0.5, 0.6) is 5.75 Å². The van der Waals surface area contributed by atoms with Crippen molar-refractivity contribution in [1.82, 2.24) is 0 Å². The second kappa shape index (κ2) is 6.19. The summed E-state index contributed by atoms with van der Waals surface area (Å²) in [6.45, 7) is 2.40. The van der Waals surface area contributed by atoms with E-state index in [0.29, 0.717) is 18.8 Å². The highest BCUT2D eigenvalue weighted by atomic mass is 16.5. The molecule has 0 radical (unpaired) electrons. The van der Waals surface area contributed by atoms with E-state index in [1.807, 2.05) is 25.1 Å². The van der Waals surface area contributed by atoms with Gasteiger partial charge in [-0.15, -0.1) is 0 Å². The van der Waals surface area contributed by atoms with Crippen LogP contribution in [0.1, 0.15) is 25.3 Å². The minimum Gasteiger partial charge on any atom is -0.426 e. The highest BCUT2D eigenvalue weighted by molar-refractivity contribution is 5.72. The zero-order valence-corrected chi connectivity index (χ0v) is 9.16. The zero-order chi connectivity index (χ0) is 11.1. The molecule has 15 heavy (non-hydrogen) atoms. The van der Waals surface area contributed by atoms with Gasteiger partial charge in [-0.2, -0.15) is 0 Å². The number of esters is 1. The number of carbonyl (C=O) groups is 1. The molecule has 0 amide bonds. The van der Waals surface area contributed by atoms with E-state index in [4.69, 9.17) is 9.47 Å². The van der Waals surface area contributed by atoms with Crippen LogP contribution in [0.3, 0.4) is 0 Å². The lowest BCUT2D eigenvalue weighted by atomic mass is 10.2. The van der Waals surface area contributed by atoms with Gasteiger partial charge in [-0.3, -0.25) is 4.79 Å². The summed E-state index contributed by atoms with van der Waals surface area (Å²) in [5.74, 6) is 0.402. The number of rotatable bonds is 5. The van der Waals surface area contributed by atoms with E-state index in [9.17, 15) is 4.79 Å². The van der Waals surface area contributed by atoms with E-state index in [1.54, 1.807) is 13.2 Å². The van der Waals surface area contributed by atoms with Crippen LogP contribution in [-0.2, 0) is 16.1 Å². The molecule has 0 atom stereocenters. The molecular formula is C12H16O3. The molecular weight excluding hydrogens is 192 g/mol. The van der Waals surface area contributed by atoms with Gasteiger partial charge >= 0.3 is 5.97 Å². The van der Waals surface area contributed by atoms with Crippen LogP contribution in [0.25, 0.3) is 0 Å². The third-order valence-corrected chi connectivity index (χ3v) is 1.95. The maximum Gasteiger partial charge on any atom is 0.311 e. The van der Waals surface area contributed by atoms with Crippen molar-refractivity contribution in [3.63, 3.8) is 0 Å². The first-order valence-electron chi connectivity index (χ1n) is 5.05. The number of benzene rings is 1. The second-order valence-corrected chi connectivity index (χ2v) is 3.26. The fourth-order valence-electron chi connectivity index (χ4n) is 1.26. The van der Waals surface area contributed by atoms with Gasteiger partial charge in [0.2, 0.25) is 0 Å². The quantitative estimate of drug-likeness (QED) is 0.551. The third-order valence-electron chi connectivity index (χ3n) is 1.95. The molecule has 3 nitrogen and oxygen atoms in total. The van der Waals surface area contributed by atoms with Gasteiger partial charge in [0, 0.05) is 19.1 Å². The van der Waals surface area contributed by atoms with Crippen molar-refractivity contribution >= 4 is 5.97 Å². The summed E-state index contributed by atoms with van der Waals surface area (Å²) in [6, 6.07) is 7.40. The summed E-state index contributed by atoms with van der Waals surface area (Å²) in [4.78, 5) is 11.3. The molecule has 0 aliphatic carbocycles. The van der Waals surface area contributed by atoms with Gasteiger partial charge in [0.15, 0.2) is 0 Å². The third kappa shape index (κ3) is 3.72. The van der Waals surface area contributed by atoms with Crippen LogP contribution in [0.2, 0.25) is 0 Å². The van der Waals surface area contributed by atoms with E-state index in [2.05, 4.69) is 0 Å². The summed E-state index contributed by atoms with van der Waals surface area (Å²) in [5, 5.41) is 0. The Balaban J connectivity index is 2.70. The molecule has 0 aromatic heterocycles. The first-order valence-corrected chi connectivity index (χ1v) is 5.05. The van der Waals surface area contributed by atoms with Crippen molar-refractivity contribution in [3.05, 3.63) is 29.8 Å². The molecule has 0 spiro atoms. The molecule has 0 saturated carbocycles. The lowest BCUT2D eigenvalue weighted by Crippen LogP contribution is -2.08. The van der Waals surface area contributed by atoms with Crippen LogP contribution in [-0.4, -0.2) is 13.1 Å². The average Bonchev–Trinajstić information content (AvgIpc) is 2.21. The van der Waals surface area contributed by atoms with Gasteiger partial charge in [-0.05, 0) is 12.5 Å². The Labute approximate surface area is 90.0 Å². The SMILES string of the molecule is CCCC(=O)Oc1ccccc1COC. The summed E-state index contributed by atoms with van der Waals surface area (Å²) in [5.41, 5.74) is 0.893. The Bertz CT molecular complexity index is 320. The van der Waals surface area contributed by atoms with Gasteiger partial charge in [0.05, 0.1) is 6.61 Å². The number of hydrogen-bond acceptors (Lipinski definition) is 3. The van der Waals surface area contributed by atoms with Crippen molar-refractivity contribution in [2.75, 3.05) is 7.11 Å². The first kappa shape index (κ1) is 11.7. The lowest BCUT2D eigenvalue weighted by molar-refractivity contribution is -0.134. The summed E-state index contributed by atoms with van der Waals surface area (Å²) < 4.78 is 10.2. The molecule has 0 bridgehead atoms. The van der Waals surface area contributed by atoms with Gasteiger partial charge in [0.1, 0.15) is 5.75 Å². The molecule has 0 N–H and O–H groups in total. The Kier molecular flexibility index (Phi) is 4.84. The van der Waals surface area contributed by atoms with Crippen molar-refractivity contribution in [2.45, 2.75) is 26.4 Å². The molecule has 0 unspecified atom stereocenters. The van der Waals surface area contributed by atoms with Gasteiger partial charge in [-0.1, -0.05) is 25.1 Å². The molecule has 0 fully saturated rings. The molecule has 0 aliphatic heterocycles. The summed E-state index contributed by atoms with van der Waals surface area (Å²) in [7, 11) is 1.62. The predicted molar refractivity (Wildman–Crippen MR) is 57.7 cm³/mol. The molecule has 1 rings (SSSR count). The van der Waals surface area contributed by atoms with Crippen LogP contribution < -0.4 is 4.74 Å². The molecule has 0 saturated heterocycles. The number of hydrogen-bond donors (Lipinski definition) is 0. The van der Waals surface area contributed by atoms with Crippen molar-refractivity contribution in [3.8, 4) is 5.75 Å². The van der Waals surface area contributed by atoms with Crippen molar-refractivity contribution < 1.29 is 14.3 Å². The first-order chi connectivity index (χ1) is 7.27. The smallest absolute Gasteiger partial charge is 0.311 e. The Hall–Kier alpha value is -1.35. The standard InChI is InChI=1S/C12H16O3/c1-3-6-12(13)15-11-8-5-4-7-10(11)9-14-2/h4-5,7-8H,3,6,9H2,1-2H3. The topological polar surface area (TPSA) is 35.5 Å². The van der Waals surface area contributed by atoms with E-state index >= 15 is 0 Å². The molecule has 0 heterocycles. The zero-order valence-electron chi connectivity index (χ0n) is 9.16. The van der Waals surface area contributed by atoms with E-state index < -0.39 is 0 Å². The summed E-state index contributed by atoms with van der Waals surface area (Å²) in [6.07, 6.45) is 1.24. The van der Waals surface area contributed by atoms with E-state index in [-0.39, 0.29) is 5.97 Å². The highest BCUT2D eigenvalue weighted by Crippen LogP contribution is 2.19. The van der Waals surface area contributed by atoms with Crippen LogP contribution in [0.15, 0.2) is 24.3 Å². The minimum absolute atomic E-state index is 0.193. The van der Waals surface area contributed by atoms with Gasteiger partial charge in [0.25, 0.3) is 0 Å². The second-order valence-electron chi connectivity index (χ2n) is 3.26. The van der Waals surface area contributed by atoms with Crippen LogP contribution >= 0.6 is 0 Å². The fraction of sp³-hybridized carbons (Fsp3) is 0.417. The van der Waals surface area contributed by atoms with E-state index in [1.165, 1.54) is 0 Å². The average molecular weight is 208 g/mol. The number of carbonyl (C=O) groups excluding carboxylic acids is 1. The fourth-order valence-corrected chi connectivity index (χ4v) is 1.26. The van der Waals surface area contributed by atoms with Crippen LogP contribution in [0, 0.1) is 0 Å². The molecule has 0 aliphatic rings.